The minimum atomic E-state index is -0.0798. The van der Waals surface area contributed by atoms with Crippen LogP contribution in [0.5, 0.6) is 0 Å². The Balaban J connectivity index is 2.32. The van der Waals surface area contributed by atoms with Crippen molar-refractivity contribution in [3.63, 3.8) is 0 Å². The van der Waals surface area contributed by atoms with Gasteiger partial charge in [0.25, 0.3) is 5.56 Å². The lowest BCUT2D eigenvalue weighted by Crippen LogP contribution is -2.20. The molecular formula is C9H8Br2N4OS. The normalized spacial score (nSPS) is 10.5. The first-order valence-electron chi connectivity index (χ1n) is 4.57. The molecule has 2 aromatic rings. The fraction of sp³-hybridized carbons (Fsp3) is 0.111. The lowest BCUT2D eigenvalue weighted by molar-refractivity contribution is 0.760. The van der Waals surface area contributed by atoms with Gasteiger partial charge in [0.2, 0.25) is 0 Å². The van der Waals surface area contributed by atoms with Crippen LogP contribution in [-0.4, -0.2) is 9.55 Å². The molecule has 0 saturated carbocycles. The van der Waals surface area contributed by atoms with Gasteiger partial charge in [-0.3, -0.25) is 10.2 Å². The molecule has 2 rings (SSSR count). The van der Waals surface area contributed by atoms with Gasteiger partial charge >= 0.3 is 0 Å². The number of nitrogens with zero attached hydrogens (tertiary/aromatic N) is 2. The smallest absolute Gasteiger partial charge is 0.265 e. The van der Waals surface area contributed by atoms with Crippen LogP contribution >= 0.6 is 43.2 Å². The third kappa shape index (κ3) is 2.95. The number of thiazole rings is 1. The van der Waals surface area contributed by atoms with E-state index >= 15 is 0 Å². The molecule has 90 valence electrons. The van der Waals surface area contributed by atoms with Gasteiger partial charge in [0.05, 0.1) is 11.0 Å². The molecule has 0 aliphatic carbocycles. The summed E-state index contributed by atoms with van der Waals surface area (Å²) in [6.45, 7) is 0.468. The van der Waals surface area contributed by atoms with Gasteiger partial charge in [-0.1, -0.05) is 11.3 Å². The number of nitrogens with two attached hydrogens (primary N) is 1. The molecule has 0 spiro atoms. The molecule has 2 aromatic heterocycles. The van der Waals surface area contributed by atoms with Crippen molar-refractivity contribution in [3.8, 4) is 0 Å². The molecule has 0 atom stereocenters. The summed E-state index contributed by atoms with van der Waals surface area (Å²) < 4.78 is 2.96. The summed E-state index contributed by atoms with van der Waals surface area (Å²) in [5.74, 6) is 5.25. The lowest BCUT2D eigenvalue weighted by Gasteiger charge is -2.04. The number of anilines is 1. The SMILES string of the molecule is NNc1ncc(Cn2cc(Br)cc(Br)c2=O)s1. The van der Waals surface area contributed by atoms with Gasteiger partial charge in [-0.15, -0.1) is 0 Å². The Bertz CT molecular complexity index is 595. The van der Waals surface area contributed by atoms with Crippen LogP contribution in [0.4, 0.5) is 5.13 Å². The molecule has 5 nitrogen and oxygen atoms in total. The van der Waals surface area contributed by atoms with E-state index in [9.17, 15) is 4.79 Å². The Morgan fingerprint density at radius 2 is 2.29 bits per heavy atom. The minimum absolute atomic E-state index is 0.0798. The highest BCUT2D eigenvalue weighted by Gasteiger charge is 2.06. The molecular weight excluding hydrogens is 372 g/mol. The third-order valence-corrected chi connectivity index (χ3v) is 3.93. The van der Waals surface area contributed by atoms with E-state index in [-0.39, 0.29) is 5.56 Å². The summed E-state index contributed by atoms with van der Waals surface area (Å²) in [5, 5.41) is 0.627. The zero-order valence-electron chi connectivity index (χ0n) is 8.48. The van der Waals surface area contributed by atoms with Crippen molar-refractivity contribution in [1.29, 1.82) is 0 Å². The highest BCUT2D eigenvalue weighted by atomic mass is 79.9. The number of nitrogen functional groups attached to an aromatic ring is 1. The number of hydrogen-bond donors (Lipinski definition) is 2. The van der Waals surface area contributed by atoms with Crippen LogP contribution in [-0.2, 0) is 6.54 Å². The highest BCUT2D eigenvalue weighted by molar-refractivity contribution is 9.11. The van der Waals surface area contributed by atoms with E-state index in [2.05, 4.69) is 42.3 Å². The summed E-state index contributed by atoms with van der Waals surface area (Å²) in [5.41, 5.74) is 2.39. The molecule has 2 heterocycles. The standard InChI is InChI=1S/C9H8Br2N4OS/c10-5-1-7(11)8(16)15(3-5)4-6-2-13-9(14-12)17-6/h1-3H,4,12H2,(H,13,14). The van der Waals surface area contributed by atoms with Crippen molar-refractivity contribution in [2.45, 2.75) is 6.54 Å². The maximum atomic E-state index is 11.8. The number of halogens is 2. The summed E-state index contributed by atoms with van der Waals surface area (Å²) >= 11 is 7.98. The van der Waals surface area contributed by atoms with Crippen molar-refractivity contribution in [2.24, 2.45) is 5.84 Å². The van der Waals surface area contributed by atoms with Crippen molar-refractivity contribution in [3.05, 3.63) is 42.6 Å². The molecule has 3 N–H and O–H groups in total. The van der Waals surface area contributed by atoms with E-state index < -0.39 is 0 Å². The van der Waals surface area contributed by atoms with Crippen molar-refractivity contribution < 1.29 is 0 Å². The van der Waals surface area contributed by atoms with Crippen LogP contribution in [0.1, 0.15) is 4.88 Å². The second kappa shape index (κ2) is 5.30. The largest absolute Gasteiger partial charge is 0.308 e. The fourth-order valence-electron chi connectivity index (χ4n) is 1.30. The molecule has 0 saturated heterocycles. The second-order valence-electron chi connectivity index (χ2n) is 3.22. The van der Waals surface area contributed by atoms with Crippen LogP contribution in [0, 0.1) is 0 Å². The van der Waals surface area contributed by atoms with Crippen molar-refractivity contribution in [1.82, 2.24) is 9.55 Å². The average molecular weight is 380 g/mol. The van der Waals surface area contributed by atoms with Crippen LogP contribution in [0.15, 0.2) is 32.2 Å². The van der Waals surface area contributed by atoms with E-state index in [1.165, 1.54) is 11.3 Å². The predicted molar refractivity (Wildman–Crippen MR) is 75.1 cm³/mol. The van der Waals surface area contributed by atoms with E-state index in [0.717, 1.165) is 9.35 Å². The van der Waals surface area contributed by atoms with Gasteiger partial charge in [-0.2, -0.15) is 0 Å². The van der Waals surface area contributed by atoms with E-state index in [1.54, 1.807) is 23.0 Å². The Labute approximate surface area is 118 Å². The first kappa shape index (κ1) is 12.7. The molecule has 0 unspecified atom stereocenters. The first-order chi connectivity index (χ1) is 8.10. The number of hydrazine groups is 1. The quantitative estimate of drug-likeness (QED) is 0.633. The van der Waals surface area contributed by atoms with E-state index in [0.29, 0.717) is 16.1 Å². The Kier molecular flexibility index (Phi) is 3.97. The zero-order chi connectivity index (χ0) is 12.4. The fourth-order valence-corrected chi connectivity index (χ4v) is 3.28. The van der Waals surface area contributed by atoms with Crippen molar-refractivity contribution in [2.75, 3.05) is 5.43 Å². The van der Waals surface area contributed by atoms with Gasteiger partial charge < -0.3 is 4.57 Å². The minimum Gasteiger partial charge on any atom is -0.308 e. The van der Waals surface area contributed by atoms with Crippen LogP contribution in [0.25, 0.3) is 0 Å². The Morgan fingerprint density at radius 1 is 1.53 bits per heavy atom. The van der Waals surface area contributed by atoms with E-state index in [1.807, 2.05) is 0 Å². The van der Waals surface area contributed by atoms with Crippen LogP contribution < -0.4 is 16.8 Å². The number of aromatic nitrogens is 2. The average Bonchev–Trinajstić information content (AvgIpc) is 2.73. The molecule has 0 bridgehead atoms. The second-order valence-corrected chi connectivity index (χ2v) is 6.10. The highest BCUT2D eigenvalue weighted by Crippen LogP contribution is 2.19. The van der Waals surface area contributed by atoms with Gasteiger partial charge in [0.15, 0.2) is 5.13 Å². The summed E-state index contributed by atoms with van der Waals surface area (Å²) in [4.78, 5) is 16.8. The Morgan fingerprint density at radius 3 is 2.94 bits per heavy atom. The topological polar surface area (TPSA) is 72.9 Å². The number of pyridine rings is 1. The van der Waals surface area contributed by atoms with Crippen LogP contribution in [0.2, 0.25) is 0 Å². The van der Waals surface area contributed by atoms with Gasteiger partial charge in [0.1, 0.15) is 0 Å². The monoisotopic (exact) mass is 378 g/mol. The molecule has 0 fully saturated rings. The third-order valence-electron chi connectivity index (χ3n) is 2.01. The summed E-state index contributed by atoms with van der Waals surface area (Å²) in [6, 6.07) is 1.72. The van der Waals surface area contributed by atoms with E-state index in [4.69, 9.17) is 5.84 Å². The maximum absolute atomic E-state index is 11.8. The molecule has 0 aliphatic rings. The summed E-state index contributed by atoms with van der Waals surface area (Å²) in [7, 11) is 0. The Hall–Kier alpha value is -0.700. The molecule has 8 heteroatoms. The molecule has 0 amide bonds. The molecule has 0 aliphatic heterocycles. The van der Waals surface area contributed by atoms with Gasteiger partial charge in [0, 0.05) is 21.7 Å². The van der Waals surface area contributed by atoms with Crippen LogP contribution in [0.3, 0.4) is 0 Å². The molecule has 17 heavy (non-hydrogen) atoms. The maximum Gasteiger partial charge on any atom is 0.265 e. The predicted octanol–water partition coefficient (Wildman–Crippen LogP) is 2.16. The number of nitrogens with one attached hydrogen (secondary N) is 1. The number of rotatable bonds is 3. The lowest BCUT2D eigenvalue weighted by atomic mass is 10.4. The molecule has 0 aromatic carbocycles. The number of hydrogen-bond acceptors (Lipinski definition) is 5. The first-order valence-corrected chi connectivity index (χ1v) is 6.97. The molecule has 0 radical (unpaired) electrons. The van der Waals surface area contributed by atoms with Gasteiger partial charge in [-0.25, -0.2) is 10.8 Å². The summed E-state index contributed by atoms with van der Waals surface area (Å²) in [6.07, 6.45) is 3.43. The zero-order valence-corrected chi connectivity index (χ0v) is 12.5. The van der Waals surface area contributed by atoms with Crippen molar-refractivity contribution >= 4 is 48.3 Å². The van der Waals surface area contributed by atoms with Gasteiger partial charge in [-0.05, 0) is 37.9 Å².